The third-order valence-corrected chi connectivity index (χ3v) is 4.08. The normalized spacial score (nSPS) is 16.5. The number of amides is 2. The number of hydrogen-bond donors (Lipinski definition) is 2. The van der Waals surface area contributed by atoms with E-state index in [2.05, 4.69) is 5.32 Å². The zero-order chi connectivity index (χ0) is 20.5. The number of ether oxygens (including phenoxy) is 5. The van der Waals surface area contributed by atoms with Gasteiger partial charge in [-0.05, 0) is 12.8 Å². The maximum atomic E-state index is 12.3. The van der Waals surface area contributed by atoms with Gasteiger partial charge < -0.3 is 39.6 Å². The van der Waals surface area contributed by atoms with Crippen molar-refractivity contribution in [3.63, 3.8) is 0 Å². The molecular weight excluding hydrogens is 370 g/mol. The van der Waals surface area contributed by atoms with Crippen LogP contribution in [-0.2, 0) is 33.3 Å². The predicted molar refractivity (Wildman–Crippen MR) is 102 cm³/mol. The van der Waals surface area contributed by atoms with Crippen molar-refractivity contribution in [2.24, 2.45) is 5.73 Å². The molecule has 2 amide bonds. The van der Waals surface area contributed by atoms with Crippen molar-refractivity contribution in [1.82, 2.24) is 10.2 Å². The summed E-state index contributed by atoms with van der Waals surface area (Å²) < 4.78 is 26.0. The van der Waals surface area contributed by atoms with Crippen LogP contribution in [0.3, 0.4) is 0 Å². The highest BCUT2D eigenvalue weighted by atomic mass is 16.5. The van der Waals surface area contributed by atoms with Gasteiger partial charge in [-0.15, -0.1) is 0 Å². The van der Waals surface area contributed by atoms with E-state index in [1.54, 1.807) is 12.0 Å². The first kappa shape index (κ1) is 24.7. The Morgan fingerprint density at radius 1 is 0.964 bits per heavy atom. The number of rotatable bonds is 17. The molecule has 1 saturated heterocycles. The monoisotopic (exact) mass is 405 g/mol. The molecule has 1 rings (SSSR count). The van der Waals surface area contributed by atoms with Crippen molar-refractivity contribution in [3.05, 3.63) is 0 Å². The second-order valence-electron chi connectivity index (χ2n) is 6.21. The molecular formula is C18H35N3O7. The van der Waals surface area contributed by atoms with E-state index >= 15 is 0 Å². The van der Waals surface area contributed by atoms with Crippen LogP contribution in [-0.4, -0.2) is 109 Å². The molecule has 0 aliphatic carbocycles. The molecule has 0 radical (unpaired) electrons. The number of methoxy groups -OCH3 is 1. The summed E-state index contributed by atoms with van der Waals surface area (Å²) in [7, 11) is 1.61. The molecule has 3 N–H and O–H groups in total. The lowest BCUT2D eigenvalue weighted by molar-refractivity contribution is -0.142. The van der Waals surface area contributed by atoms with Gasteiger partial charge in [-0.25, -0.2) is 0 Å². The van der Waals surface area contributed by atoms with Gasteiger partial charge >= 0.3 is 0 Å². The van der Waals surface area contributed by atoms with E-state index in [-0.39, 0.29) is 18.4 Å². The van der Waals surface area contributed by atoms with Crippen LogP contribution < -0.4 is 11.1 Å². The smallest absolute Gasteiger partial charge is 0.249 e. The first-order chi connectivity index (χ1) is 13.7. The molecule has 10 nitrogen and oxygen atoms in total. The summed E-state index contributed by atoms with van der Waals surface area (Å²) in [6.45, 7) is 4.98. The highest BCUT2D eigenvalue weighted by Crippen LogP contribution is 2.17. The number of likely N-dealkylation sites (tertiary alicyclic amines) is 1. The molecule has 0 bridgehead atoms. The molecule has 0 aromatic carbocycles. The number of carbonyl (C=O) groups excluding carboxylic acids is 2. The zero-order valence-electron chi connectivity index (χ0n) is 16.9. The minimum atomic E-state index is -0.443. The summed E-state index contributed by atoms with van der Waals surface area (Å²) in [6, 6.07) is -0.443. The molecule has 1 unspecified atom stereocenters. The van der Waals surface area contributed by atoms with E-state index in [1.807, 2.05) is 0 Å². The summed E-state index contributed by atoms with van der Waals surface area (Å²) in [4.78, 5) is 26.2. The van der Waals surface area contributed by atoms with Crippen molar-refractivity contribution in [3.8, 4) is 0 Å². The number of hydrogen-bond acceptors (Lipinski definition) is 8. The Morgan fingerprint density at radius 2 is 1.61 bits per heavy atom. The van der Waals surface area contributed by atoms with Crippen molar-refractivity contribution >= 4 is 11.8 Å². The van der Waals surface area contributed by atoms with Crippen LogP contribution in [0.4, 0.5) is 0 Å². The summed E-state index contributed by atoms with van der Waals surface area (Å²) >= 11 is 0. The van der Waals surface area contributed by atoms with Gasteiger partial charge in [0.05, 0.1) is 52.9 Å². The SMILES string of the molecule is COCCOCCOCC(=O)N1CCCC1C(=O)NCCOCCOCCN. The molecule has 0 aromatic heterocycles. The van der Waals surface area contributed by atoms with Gasteiger partial charge in [-0.1, -0.05) is 0 Å². The van der Waals surface area contributed by atoms with E-state index in [9.17, 15) is 9.59 Å². The Balaban J connectivity index is 2.13. The Kier molecular flexibility index (Phi) is 14.7. The molecule has 1 aliphatic rings. The largest absolute Gasteiger partial charge is 0.382 e. The van der Waals surface area contributed by atoms with E-state index in [0.29, 0.717) is 78.9 Å². The second-order valence-corrected chi connectivity index (χ2v) is 6.21. The number of nitrogens with two attached hydrogens (primary N) is 1. The third kappa shape index (κ3) is 10.9. The Labute approximate surface area is 166 Å². The van der Waals surface area contributed by atoms with Crippen LogP contribution in [0.15, 0.2) is 0 Å². The zero-order valence-corrected chi connectivity index (χ0v) is 16.9. The standard InChI is InChI=1S/C18H35N3O7/c1-24-9-10-27-13-14-28-15-17(22)21-6-2-3-16(21)18(23)20-5-8-26-12-11-25-7-4-19/h16H,2-15,19H2,1H3,(H,20,23). The fraction of sp³-hybridized carbons (Fsp3) is 0.889. The van der Waals surface area contributed by atoms with E-state index in [4.69, 9.17) is 29.4 Å². The van der Waals surface area contributed by atoms with Gasteiger partial charge in [-0.3, -0.25) is 9.59 Å². The Morgan fingerprint density at radius 3 is 2.32 bits per heavy atom. The maximum absolute atomic E-state index is 12.3. The average Bonchev–Trinajstić information content (AvgIpc) is 3.19. The van der Waals surface area contributed by atoms with Gasteiger partial charge in [0.15, 0.2) is 0 Å². The summed E-state index contributed by atoms with van der Waals surface area (Å²) in [6.07, 6.45) is 1.46. The molecule has 28 heavy (non-hydrogen) atoms. The molecule has 0 saturated carbocycles. The molecule has 0 spiro atoms. The van der Waals surface area contributed by atoms with Crippen LogP contribution in [0.25, 0.3) is 0 Å². The lowest BCUT2D eigenvalue weighted by atomic mass is 10.2. The highest BCUT2D eigenvalue weighted by molar-refractivity contribution is 5.88. The molecule has 164 valence electrons. The summed E-state index contributed by atoms with van der Waals surface area (Å²) in [5.74, 6) is -0.334. The van der Waals surface area contributed by atoms with Gasteiger partial charge in [-0.2, -0.15) is 0 Å². The number of nitrogens with one attached hydrogen (secondary N) is 1. The van der Waals surface area contributed by atoms with Crippen LogP contribution in [0.5, 0.6) is 0 Å². The molecule has 0 aromatic rings. The van der Waals surface area contributed by atoms with E-state index < -0.39 is 6.04 Å². The number of nitrogens with zero attached hydrogens (tertiary/aromatic N) is 1. The van der Waals surface area contributed by atoms with Crippen molar-refractivity contribution < 1.29 is 33.3 Å². The quantitative estimate of drug-likeness (QED) is 0.288. The third-order valence-electron chi connectivity index (χ3n) is 4.08. The van der Waals surface area contributed by atoms with Crippen LogP contribution in [0.1, 0.15) is 12.8 Å². The van der Waals surface area contributed by atoms with Crippen molar-refractivity contribution in [2.75, 3.05) is 86.2 Å². The Hall–Kier alpha value is -1.30. The van der Waals surface area contributed by atoms with Crippen molar-refractivity contribution in [2.45, 2.75) is 18.9 Å². The van der Waals surface area contributed by atoms with Crippen LogP contribution in [0.2, 0.25) is 0 Å². The average molecular weight is 405 g/mol. The number of carbonyl (C=O) groups is 2. The minimum Gasteiger partial charge on any atom is -0.382 e. The van der Waals surface area contributed by atoms with E-state index in [0.717, 1.165) is 6.42 Å². The molecule has 1 fully saturated rings. The topological polar surface area (TPSA) is 122 Å². The minimum absolute atomic E-state index is 0.0523. The predicted octanol–water partition coefficient (Wildman–Crippen LogP) is -1.23. The molecule has 10 heteroatoms. The van der Waals surface area contributed by atoms with Gasteiger partial charge in [0.25, 0.3) is 0 Å². The van der Waals surface area contributed by atoms with Crippen LogP contribution in [0, 0.1) is 0 Å². The summed E-state index contributed by atoms with van der Waals surface area (Å²) in [5, 5.41) is 2.82. The van der Waals surface area contributed by atoms with Gasteiger partial charge in [0.2, 0.25) is 11.8 Å². The van der Waals surface area contributed by atoms with Gasteiger partial charge in [0.1, 0.15) is 12.6 Å². The Bertz CT molecular complexity index is 426. The first-order valence-corrected chi connectivity index (χ1v) is 9.77. The molecule has 1 aliphatic heterocycles. The second kappa shape index (κ2) is 16.6. The first-order valence-electron chi connectivity index (χ1n) is 9.77. The fourth-order valence-electron chi connectivity index (χ4n) is 2.71. The lowest BCUT2D eigenvalue weighted by Gasteiger charge is -2.24. The summed E-state index contributed by atoms with van der Waals surface area (Å²) in [5.41, 5.74) is 5.31. The van der Waals surface area contributed by atoms with Crippen LogP contribution >= 0.6 is 0 Å². The molecule has 1 heterocycles. The maximum Gasteiger partial charge on any atom is 0.249 e. The van der Waals surface area contributed by atoms with Crippen molar-refractivity contribution in [1.29, 1.82) is 0 Å². The van der Waals surface area contributed by atoms with E-state index in [1.165, 1.54) is 0 Å². The van der Waals surface area contributed by atoms with Gasteiger partial charge in [0, 0.05) is 26.7 Å². The highest BCUT2D eigenvalue weighted by Gasteiger charge is 2.33. The molecule has 1 atom stereocenters. The lowest BCUT2D eigenvalue weighted by Crippen LogP contribution is -2.47. The fourth-order valence-corrected chi connectivity index (χ4v) is 2.71.